The Bertz CT molecular complexity index is 559. The summed E-state index contributed by atoms with van der Waals surface area (Å²) in [6.07, 6.45) is 0.845. The SMILES string of the molecule is CCCCS(=O)(=O)N(CCC(=O)O)c1cccc(F)c1. The maximum Gasteiger partial charge on any atom is 0.305 e. The molecule has 20 heavy (non-hydrogen) atoms. The molecule has 0 saturated carbocycles. The van der Waals surface area contributed by atoms with Crippen molar-refractivity contribution < 1.29 is 22.7 Å². The number of hydrogen-bond acceptors (Lipinski definition) is 3. The van der Waals surface area contributed by atoms with Gasteiger partial charge in [0.05, 0.1) is 17.9 Å². The molecule has 0 radical (unpaired) electrons. The van der Waals surface area contributed by atoms with Crippen LogP contribution >= 0.6 is 0 Å². The summed E-state index contributed by atoms with van der Waals surface area (Å²) >= 11 is 0. The first-order valence-corrected chi connectivity index (χ1v) is 7.95. The van der Waals surface area contributed by atoms with Crippen molar-refractivity contribution in [3.8, 4) is 0 Å². The van der Waals surface area contributed by atoms with Crippen LogP contribution in [0, 0.1) is 5.82 Å². The number of anilines is 1. The number of benzene rings is 1. The van der Waals surface area contributed by atoms with Crippen molar-refractivity contribution in [1.82, 2.24) is 0 Å². The Morgan fingerprint density at radius 2 is 2.10 bits per heavy atom. The molecule has 0 amide bonds. The van der Waals surface area contributed by atoms with Crippen molar-refractivity contribution in [2.24, 2.45) is 0 Å². The van der Waals surface area contributed by atoms with Gasteiger partial charge in [-0.3, -0.25) is 9.10 Å². The lowest BCUT2D eigenvalue weighted by Gasteiger charge is -2.23. The number of carbonyl (C=O) groups is 1. The highest BCUT2D eigenvalue weighted by Crippen LogP contribution is 2.20. The lowest BCUT2D eigenvalue weighted by atomic mass is 10.3. The number of hydrogen-bond donors (Lipinski definition) is 1. The molecule has 0 unspecified atom stereocenters. The third-order valence-electron chi connectivity index (χ3n) is 2.72. The van der Waals surface area contributed by atoms with E-state index in [0.717, 1.165) is 10.4 Å². The molecule has 1 aromatic rings. The number of carboxylic acids is 1. The van der Waals surface area contributed by atoms with Crippen molar-refractivity contribution in [2.45, 2.75) is 26.2 Å². The second kappa shape index (κ2) is 7.23. The van der Waals surface area contributed by atoms with Gasteiger partial charge in [0.1, 0.15) is 5.82 Å². The van der Waals surface area contributed by atoms with Crippen molar-refractivity contribution in [3.05, 3.63) is 30.1 Å². The summed E-state index contributed by atoms with van der Waals surface area (Å²) in [5, 5.41) is 8.71. The molecule has 0 atom stereocenters. The average Bonchev–Trinajstić information content (AvgIpc) is 2.36. The topological polar surface area (TPSA) is 74.7 Å². The minimum Gasteiger partial charge on any atom is -0.481 e. The van der Waals surface area contributed by atoms with E-state index in [1.807, 2.05) is 6.92 Å². The lowest BCUT2D eigenvalue weighted by Crippen LogP contribution is -2.35. The molecule has 0 aromatic heterocycles. The van der Waals surface area contributed by atoms with E-state index in [9.17, 15) is 17.6 Å². The van der Waals surface area contributed by atoms with Crippen LogP contribution in [0.1, 0.15) is 26.2 Å². The summed E-state index contributed by atoms with van der Waals surface area (Å²) < 4.78 is 38.6. The van der Waals surface area contributed by atoms with Crippen LogP contribution in [-0.2, 0) is 14.8 Å². The van der Waals surface area contributed by atoms with E-state index >= 15 is 0 Å². The number of halogens is 1. The fraction of sp³-hybridized carbons (Fsp3) is 0.462. The Labute approximate surface area is 118 Å². The maximum atomic E-state index is 13.2. The highest BCUT2D eigenvalue weighted by Gasteiger charge is 2.23. The first-order valence-electron chi connectivity index (χ1n) is 6.34. The molecule has 0 saturated heterocycles. The lowest BCUT2D eigenvalue weighted by molar-refractivity contribution is -0.136. The quantitative estimate of drug-likeness (QED) is 0.799. The first-order chi connectivity index (χ1) is 9.36. The van der Waals surface area contributed by atoms with Crippen LogP contribution in [0.3, 0.4) is 0 Å². The predicted octanol–water partition coefficient (Wildman–Crippen LogP) is 2.24. The standard InChI is InChI=1S/C13H18FNO4S/c1-2-3-9-20(18,19)15(8-7-13(16)17)12-6-4-5-11(14)10-12/h4-6,10H,2-3,7-9H2,1H3,(H,16,17). The second-order valence-electron chi connectivity index (χ2n) is 4.37. The zero-order valence-electron chi connectivity index (χ0n) is 11.3. The average molecular weight is 303 g/mol. The molecular weight excluding hydrogens is 285 g/mol. The Morgan fingerprint density at radius 3 is 2.65 bits per heavy atom. The molecule has 0 fully saturated rings. The van der Waals surface area contributed by atoms with E-state index in [4.69, 9.17) is 5.11 Å². The molecule has 0 aliphatic heterocycles. The van der Waals surface area contributed by atoms with Crippen molar-refractivity contribution in [1.29, 1.82) is 0 Å². The van der Waals surface area contributed by atoms with Gasteiger partial charge in [0.25, 0.3) is 0 Å². The monoisotopic (exact) mass is 303 g/mol. The molecule has 5 nitrogen and oxygen atoms in total. The van der Waals surface area contributed by atoms with Gasteiger partial charge in [0.15, 0.2) is 0 Å². The van der Waals surface area contributed by atoms with Gasteiger partial charge >= 0.3 is 5.97 Å². The largest absolute Gasteiger partial charge is 0.481 e. The van der Waals surface area contributed by atoms with Gasteiger partial charge in [0.2, 0.25) is 10.0 Å². The molecule has 1 N–H and O–H groups in total. The Kier molecular flexibility index (Phi) is 5.94. The molecule has 0 spiro atoms. The minimum absolute atomic E-state index is 0.0837. The number of nitrogens with zero attached hydrogens (tertiary/aromatic N) is 1. The minimum atomic E-state index is -3.65. The molecule has 0 heterocycles. The van der Waals surface area contributed by atoms with E-state index in [0.29, 0.717) is 12.8 Å². The van der Waals surface area contributed by atoms with Crippen molar-refractivity contribution >= 4 is 21.7 Å². The predicted molar refractivity (Wildman–Crippen MR) is 74.7 cm³/mol. The number of sulfonamides is 1. The summed E-state index contributed by atoms with van der Waals surface area (Å²) in [4.78, 5) is 10.6. The summed E-state index contributed by atoms with van der Waals surface area (Å²) in [6, 6.07) is 5.14. The van der Waals surface area contributed by atoms with Crippen LogP contribution < -0.4 is 4.31 Å². The molecule has 0 aliphatic carbocycles. The number of carboxylic acid groups (broad SMARTS) is 1. The number of unbranched alkanes of at least 4 members (excludes halogenated alkanes) is 1. The van der Waals surface area contributed by atoms with E-state index in [-0.39, 0.29) is 24.4 Å². The molecule has 0 bridgehead atoms. The van der Waals surface area contributed by atoms with E-state index in [1.165, 1.54) is 18.2 Å². The normalized spacial score (nSPS) is 11.3. The second-order valence-corrected chi connectivity index (χ2v) is 6.38. The summed E-state index contributed by atoms with van der Waals surface area (Å²) in [5.74, 6) is -1.75. The van der Waals surface area contributed by atoms with Crippen molar-refractivity contribution in [2.75, 3.05) is 16.6 Å². The van der Waals surface area contributed by atoms with Gasteiger partial charge in [-0.25, -0.2) is 12.8 Å². The Morgan fingerprint density at radius 1 is 1.40 bits per heavy atom. The Balaban J connectivity index is 3.04. The summed E-state index contributed by atoms with van der Waals surface area (Å²) in [6.45, 7) is 1.66. The fourth-order valence-corrected chi connectivity index (χ4v) is 3.37. The van der Waals surface area contributed by atoms with Crippen LogP contribution in [0.5, 0.6) is 0 Å². The molecule has 1 rings (SSSR count). The number of rotatable bonds is 8. The molecule has 0 aliphatic rings. The fourth-order valence-electron chi connectivity index (χ4n) is 1.69. The highest BCUT2D eigenvalue weighted by atomic mass is 32.2. The zero-order valence-corrected chi connectivity index (χ0v) is 12.1. The molecule has 112 valence electrons. The maximum absolute atomic E-state index is 13.2. The van der Waals surface area contributed by atoms with Gasteiger partial charge in [0, 0.05) is 6.54 Å². The van der Waals surface area contributed by atoms with Crippen LogP contribution in [0.25, 0.3) is 0 Å². The van der Waals surface area contributed by atoms with E-state index < -0.39 is 21.8 Å². The van der Waals surface area contributed by atoms with Crippen LogP contribution in [-0.4, -0.2) is 31.8 Å². The smallest absolute Gasteiger partial charge is 0.305 e. The Hall–Kier alpha value is -1.63. The third kappa shape index (κ3) is 4.80. The molecule has 1 aromatic carbocycles. The summed E-state index contributed by atoms with van der Waals surface area (Å²) in [5.41, 5.74) is 0.155. The van der Waals surface area contributed by atoms with Crippen LogP contribution in [0.2, 0.25) is 0 Å². The first kappa shape index (κ1) is 16.4. The van der Waals surface area contributed by atoms with Gasteiger partial charge in [-0.1, -0.05) is 19.4 Å². The van der Waals surface area contributed by atoms with E-state index in [2.05, 4.69) is 0 Å². The van der Waals surface area contributed by atoms with Gasteiger partial charge in [-0.15, -0.1) is 0 Å². The van der Waals surface area contributed by atoms with Crippen LogP contribution in [0.15, 0.2) is 24.3 Å². The number of aliphatic carboxylic acids is 1. The third-order valence-corrected chi connectivity index (χ3v) is 4.59. The van der Waals surface area contributed by atoms with Gasteiger partial charge in [-0.05, 0) is 24.6 Å². The van der Waals surface area contributed by atoms with Gasteiger partial charge < -0.3 is 5.11 Å². The van der Waals surface area contributed by atoms with Gasteiger partial charge in [-0.2, -0.15) is 0 Å². The van der Waals surface area contributed by atoms with Crippen molar-refractivity contribution in [3.63, 3.8) is 0 Å². The molecule has 7 heteroatoms. The highest BCUT2D eigenvalue weighted by molar-refractivity contribution is 7.92. The zero-order chi connectivity index (χ0) is 15.2. The van der Waals surface area contributed by atoms with Crippen LogP contribution in [0.4, 0.5) is 10.1 Å². The summed E-state index contributed by atoms with van der Waals surface area (Å²) in [7, 11) is -3.65. The molecular formula is C13H18FNO4S. The van der Waals surface area contributed by atoms with E-state index in [1.54, 1.807) is 0 Å².